The molecule has 2 amide bonds. The molecule has 0 aromatic heterocycles. The molecule has 0 aliphatic heterocycles. The van der Waals surface area contributed by atoms with Crippen LogP contribution in [0.3, 0.4) is 0 Å². The summed E-state index contributed by atoms with van der Waals surface area (Å²) in [5.74, 6) is -0.0850. The summed E-state index contributed by atoms with van der Waals surface area (Å²) in [7, 11) is 0. The summed E-state index contributed by atoms with van der Waals surface area (Å²) < 4.78 is 0. The number of amides is 2. The zero-order chi connectivity index (χ0) is 11.1. The lowest BCUT2D eigenvalue weighted by molar-refractivity contribution is -0.114. The highest BCUT2D eigenvalue weighted by Gasteiger charge is 1.97. The Morgan fingerprint density at radius 2 is 2.27 bits per heavy atom. The van der Waals surface area contributed by atoms with Gasteiger partial charge in [-0.25, -0.2) is 0 Å². The Labute approximate surface area is 88.7 Å². The predicted molar refractivity (Wildman–Crippen MR) is 58.5 cm³/mol. The first-order valence-corrected chi connectivity index (χ1v) is 4.76. The summed E-state index contributed by atoms with van der Waals surface area (Å²) in [5, 5.41) is 5.30. The number of hydrogen-bond donors (Lipinski definition) is 2. The van der Waals surface area contributed by atoms with Crippen molar-refractivity contribution in [2.75, 3.05) is 11.9 Å². The van der Waals surface area contributed by atoms with Crippen molar-refractivity contribution >= 4 is 18.0 Å². The van der Waals surface area contributed by atoms with Crippen molar-refractivity contribution in [2.45, 2.75) is 13.3 Å². The van der Waals surface area contributed by atoms with E-state index in [4.69, 9.17) is 0 Å². The summed E-state index contributed by atoms with van der Waals surface area (Å²) in [6.45, 7) is 2.08. The number of nitrogens with one attached hydrogen (secondary N) is 2. The van der Waals surface area contributed by atoms with Gasteiger partial charge in [0.15, 0.2) is 0 Å². The lowest BCUT2D eigenvalue weighted by Gasteiger charge is -2.05. The van der Waals surface area contributed by atoms with Crippen LogP contribution in [0.4, 0.5) is 5.69 Å². The van der Waals surface area contributed by atoms with Gasteiger partial charge in [-0.2, -0.15) is 0 Å². The van der Waals surface area contributed by atoms with Crippen molar-refractivity contribution in [3.05, 3.63) is 29.8 Å². The Hall–Kier alpha value is -1.84. The molecule has 15 heavy (non-hydrogen) atoms. The van der Waals surface area contributed by atoms with Gasteiger partial charge in [0, 0.05) is 19.2 Å². The Morgan fingerprint density at radius 3 is 2.93 bits per heavy atom. The van der Waals surface area contributed by atoms with Crippen LogP contribution in [0.2, 0.25) is 0 Å². The average Bonchev–Trinajstić information content (AvgIpc) is 2.18. The molecule has 4 heteroatoms. The lowest BCUT2D eigenvalue weighted by atomic mass is 10.1. The van der Waals surface area contributed by atoms with E-state index < -0.39 is 0 Å². The molecule has 4 nitrogen and oxygen atoms in total. The number of rotatable bonds is 5. The van der Waals surface area contributed by atoms with Crippen molar-refractivity contribution in [1.82, 2.24) is 5.32 Å². The van der Waals surface area contributed by atoms with E-state index in [1.807, 2.05) is 24.3 Å². The molecule has 0 saturated carbocycles. The highest BCUT2D eigenvalue weighted by molar-refractivity contribution is 5.88. The highest BCUT2D eigenvalue weighted by Crippen LogP contribution is 2.10. The van der Waals surface area contributed by atoms with E-state index in [1.54, 1.807) is 0 Å². The van der Waals surface area contributed by atoms with Crippen molar-refractivity contribution < 1.29 is 9.59 Å². The molecule has 80 valence electrons. The van der Waals surface area contributed by atoms with Gasteiger partial charge < -0.3 is 10.6 Å². The van der Waals surface area contributed by atoms with Gasteiger partial charge in [0.05, 0.1) is 0 Å². The van der Waals surface area contributed by atoms with Gasteiger partial charge in [0.2, 0.25) is 12.3 Å². The largest absolute Gasteiger partial charge is 0.358 e. The van der Waals surface area contributed by atoms with Crippen LogP contribution < -0.4 is 10.6 Å². The molecule has 0 aliphatic carbocycles. The van der Waals surface area contributed by atoms with Crippen molar-refractivity contribution in [3.8, 4) is 0 Å². The smallest absolute Gasteiger partial charge is 0.221 e. The van der Waals surface area contributed by atoms with Gasteiger partial charge in [-0.3, -0.25) is 9.59 Å². The Kier molecular flexibility index (Phi) is 4.34. The molecule has 1 aromatic rings. The van der Waals surface area contributed by atoms with Crippen LogP contribution in [-0.4, -0.2) is 18.9 Å². The summed E-state index contributed by atoms with van der Waals surface area (Å²) in [5.41, 5.74) is 1.86. The second-order valence-corrected chi connectivity index (χ2v) is 3.20. The molecule has 0 saturated heterocycles. The molecule has 0 heterocycles. The van der Waals surface area contributed by atoms with E-state index in [0.717, 1.165) is 17.7 Å². The van der Waals surface area contributed by atoms with Crippen molar-refractivity contribution in [1.29, 1.82) is 0 Å². The van der Waals surface area contributed by atoms with Gasteiger partial charge in [-0.15, -0.1) is 0 Å². The molecule has 1 aromatic carbocycles. The van der Waals surface area contributed by atoms with Crippen LogP contribution in [0, 0.1) is 0 Å². The first-order valence-electron chi connectivity index (χ1n) is 4.76. The predicted octanol–water partition coefficient (Wildman–Crippen LogP) is 0.933. The normalized spacial score (nSPS) is 9.40. The van der Waals surface area contributed by atoms with Gasteiger partial charge in [-0.1, -0.05) is 12.1 Å². The third-order valence-corrected chi connectivity index (χ3v) is 1.89. The molecule has 0 fully saturated rings. The zero-order valence-electron chi connectivity index (χ0n) is 8.62. The monoisotopic (exact) mass is 206 g/mol. The van der Waals surface area contributed by atoms with Crippen LogP contribution in [0.1, 0.15) is 12.5 Å². The molecule has 0 unspecified atom stereocenters. The zero-order valence-corrected chi connectivity index (χ0v) is 8.62. The summed E-state index contributed by atoms with van der Waals surface area (Å²) in [6, 6.07) is 7.56. The first-order chi connectivity index (χ1) is 7.22. The second-order valence-electron chi connectivity index (χ2n) is 3.20. The fourth-order valence-corrected chi connectivity index (χ4v) is 1.28. The van der Waals surface area contributed by atoms with Gasteiger partial charge in [0.25, 0.3) is 0 Å². The van der Waals surface area contributed by atoms with Crippen molar-refractivity contribution in [2.24, 2.45) is 0 Å². The fourth-order valence-electron chi connectivity index (χ4n) is 1.28. The van der Waals surface area contributed by atoms with E-state index in [-0.39, 0.29) is 5.91 Å². The molecule has 0 spiro atoms. The van der Waals surface area contributed by atoms with Crippen LogP contribution >= 0.6 is 0 Å². The van der Waals surface area contributed by atoms with E-state index in [0.29, 0.717) is 13.0 Å². The topological polar surface area (TPSA) is 58.2 Å². The molecular weight excluding hydrogens is 192 g/mol. The SMILES string of the molecule is CC(=O)Nc1cccc(CCNC=O)c1. The molecule has 0 atom stereocenters. The number of carbonyl (C=O) groups is 2. The summed E-state index contributed by atoms with van der Waals surface area (Å²) >= 11 is 0. The maximum Gasteiger partial charge on any atom is 0.221 e. The van der Waals surface area contributed by atoms with Crippen LogP contribution in [0.25, 0.3) is 0 Å². The van der Waals surface area contributed by atoms with E-state index in [1.165, 1.54) is 6.92 Å². The molecule has 1 rings (SSSR count). The summed E-state index contributed by atoms with van der Waals surface area (Å²) in [6.07, 6.45) is 1.43. The van der Waals surface area contributed by atoms with Gasteiger partial charge in [0.1, 0.15) is 0 Å². The minimum atomic E-state index is -0.0850. The number of anilines is 1. The van der Waals surface area contributed by atoms with Crippen LogP contribution in [0.5, 0.6) is 0 Å². The van der Waals surface area contributed by atoms with Crippen LogP contribution in [-0.2, 0) is 16.0 Å². The van der Waals surface area contributed by atoms with Crippen molar-refractivity contribution in [3.63, 3.8) is 0 Å². The van der Waals surface area contributed by atoms with E-state index >= 15 is 0 Å². The quantitative estimate of drug-likeness (QED) is 0.556. The van der Waals surface area contributed by atoms with Gasteiger partial charge in [-0.05, 0) is 24.1 Å². The maximum absolute atomic E-state index is 10.8. The fraction of sp³-hybridized carbons (Fsp3) is 0.273. The molecule has 2 N–H and O–H groups in total. The van der Waals surface area contributed by atoms with E-state index in [9.17, 15) is 9.59 Å². The molecule has 0 bridgehead atoms. The molecule has 0 aliphatic rings. The van der Waals surface area contributed by atoms with Crippen LogP contribution in [0.15, 0.2) is 24.3 Å². The lowest BCUT2D eigenvalue weighted by Crippen LogP contribution is -2.14. The maximum atomic E-state index is 10.8. The third kappa shape index (κ3) is 4.26. The number of benzene rings is 1. The minimum Gasteiger partial charge on any atom is -0.358 e. The Bertz CT molecular complexity index is 350. The molecular formula is C11H14N2O2. The summed E-state index contributed by atoms with van der Waals surface area (Å²) in [4.78, 5) is 20.9. The molecule has 0 radical (unpaired) electrons. The standard InChI is InChI=1S/C11H14N2O2/c1-9(15)13-11-4-2-3-10(7-11)5-6-12-8-14/h2-4,7-8H,5-6H2,1H3,(H,12,14)(H,13,15). The first kappa shape index (κ1) is 11.2. The third-order valence-electron chi connectivity index (χ3n) is 1.89. The minimum absolute atomic E-state index is 0.0850. The average molecular weight is 206 g/mol. The Balaban J connectivity index is 2.57. The Morgan fingerprint density at radius 1 is 1.47 bits per heavy atom. The second kappa shape index (κ2) is 5.80. The number of hydrogen-bond acceptors (Lipinski definition) is 2. The number of carbonyl (C=O) groups excluding carboxylic acids is 2. The van der Waals surface area contributed by atoms with Gasteiger partial charge >= 0.3 is 0 Å². The van der Waals surface area contributed by atoms with E-state index in [2.05, 4.69) is 10.6 Å². The highest BCUT2D eigenvalue weighted by atomic mass is 16.1.